The summed E-state index contributed by atoms with van der Waals surface area (Å²) in [6.45, 7) is 2.01. The van der Waals surface area contributed by atoms with Gasteiger partial charge in [0.1, 0.15) is 6.29 Å². The summed E-state index contributed by atoms with van der Waals surface area (Å²) in [4.78, 5) is 10.1. The van der Waals surface area contributed by atoms with Crippen molar-refractivity contribution < 1.29 is 4.79 Å². The van der Waals surface area contributed by atoms with Gasteiger partial charge in [-0.1, -0.05) is 24.3 Å². The summed E-state index contributed by atoms with van der Waals surface area (Å²) in [5.41, 5.74) is 2.31. The standard InChI is InChI=1S/C9H10O/c1-8-4-2-3-5-9(8)6-7-10/h2-5,7H,6H2,1H3. The first-order valence-corrected chi connectivity index (χ1v) is 3.32. The van der Waals surface area contributed by atoms with E-state index in [1.807, 2.05) is 31.2 Å². The van der Waals surface area contributed by atoms with E-state index in [1.165, 1.54) is 5.56 Å². The first-order valence-electron chi connectivity index (χ1n) is 3.32. The number of aldehydes is 1. The lowest BCUT2D eigenvalue weighted by Crippen LogP contribution is -1.88. The maximum atomic E-state index is 10.1. The highest BCUT2D eigenvalue weighted by molar-refractivity contribution is 5.55. The van der Waals surface area contributed by atoms with Gasteiger partial charge in [-0.2, -0.15) is 0 Å². The molecule has 1 aromatic carbocycles. The number of carbonyl (C=O) groups excluding carboxylic acids is 1. The number of benzene rings is 1. The predicted octanol–water partition coefficient (Wildman–Crippen LogP) is 1.74. The average Bonchev–Trinajstić information content (AvgIpc) is 1.94. The molecule has 0 aliphatic carbocycles. The third kappa shape index (κ3) is 1.44. The number of rotatable bonds is 2. The maximum Gasteiger partial charge on any atom is 0.124 e. The van der Waals surface area contributed by atoms with Gasteiger partial charge in [0.2, 0.25) is 0 Å². The van der Waals surface area contributed by atoms with Crippen molar-refractivity contribution in [3.05, 3.63) is 35.4 Å². The second kappa shape index (κ2) is 3.16. The Bertz CT molecular complexity index is 228. The molecule has 1 heteroatoms. The minimum atomic E-state index is 0.534. The van der Waals surface area contributed by atoms with Gasteiger partial charge in [0, 0.05) is 6.42 Å². The van der Waals surface area contributed by atoms with Crippen LogP contribution in [-0.2, 0) is 11.2 Å². The van der Waals surface area contributed by atoms with Gasteiger partial charge < -0.3 is 4.79 Å². The molecule has 0 atom stereocenters. The Morgan fingerprint density at radius 2 is 2.10 bits per heavy atom. The van der Waals surface area contributed by atoms with Crippen LogP contribution in [0.3, 0.4) is 0 Å². The topological polar surface area (TPSA) is 17.1 Å². The van der Waals surface area contributed by atoms with Crippen LogP contribution in [0.5, 0.6) is 0 Å². The first kappa shape index (κ1) is 7.00. The smallest absolute Gasteiger partial charge is 0.124 e. The fourth-order valence-corrected chi connectivity index (χ4v) is 0.929. The molecule has 0 amide bonds. The van der Waals surface area contributed by atoms with Crippen LogP contribution in [0.2, 0.25) is 0 Å². The van der Waals surface area contributed by atoms with Crippen molar-refractivity contribution in [3.63, 3.8) is 0 Å². The van der Waals surface area contributed by atoms with Crippen molar-refractivity contribution in [2.45, 2.75) is 13.3 Å². The summed E-state index contributed by atoms with van der Waals surface area (Å²) in [5, 5.41) is 0. The molecule has 0 aromatic heterocycles. The molecule has 10 heavy (non-hydrogen) atoms. The Morgan fingerprint density at radius 3 is 2.70 bits per heavy atom. The molecular weight excluding hydrogens is 124 g/mol. The summed E-state index contributed by atoms with van der Waals surface area (Å²) in [5.74, 6) is 0. The fourth-order valence-electron chi connectivity index (χ4n) is 0.929. The van der Waals surface area contributed by atoms with Crippen LogP contribution < -0.4 is 0 Å². The lowest BCUT2D eigenvalue weighted by Gasteiger charge is -1.97. The Balaban J connectivity index is 2.91. The van der Waals surface area contributed by atoms with Crippen LogP contribution in [0, 0.1) is 6.92 Å². The van der Waals surface area contributed by atoms with Crippen LogP contribution in [0.1, 0.15) is 11.1 Å². The zero-order valence-electron chi connectivity index (χ0n) is 6.00. The Labute approximate surface area is 60.7 Å². The molecule has 0 fully saturated rings. The van der Waals surface area contributed by atoms with Gasteiger partial charge in [0.05, 0.1) is 0 Å². The van der Waals surface area contributed by atoms with E-state index < -0.39 is 0 Å². The maximum absolute atomic E-state index is 10.1. The lowest BCUT2D eigenvalue weighted by atomic mass is 10.1. The number of hydrogen-bond acceptors (Lipinski definition) is 1. The SMILES string of the molecule is Cc1ccccc1CC=O. The van der Waals surface area contributed by atoms with Crippen LogP contribution in [0.15, 0.2) is 24.3 Å². The predicted molar refractivity (Wildman–Crippen MR) is 40.9 cm³/mol. The van der Waals surface area contributed by atoms with Crippen LogP contribution in [0.25, 0.3) is 0 Å². The van der Waals surface area contributed by atoms with Gasteiger partial charge in [0.15, 0.2) is 0 Å². The van der Waals surface area contributed by atoms with E-state index in [2.05, 4.69) is 0 Å². The zero-order valence-corrected chi connectivity index (χ0v) is 6.00. The van der Waals surface area contributed by atoms with E-state index in [0.29, 0.717) is 6.42 Å². The number of hydrogen-bond donors (Lipinski definition) is 0. The third-order valence-electron chi connectivity index (χ3n) is 1.56. The third-order valence-corrected chi connectivity index (χ3v) is 1.56. The van der Waals surface area contributed by atoms with Gasteiger partial charge in [-0.05, 0) is 18.1 Å². The largest absolute Gasteiger partial charge is 0.303 e. The molecule has 0 saturated carbocycles. The van der Waals surface area contributed by atoms with Crippen molar-refractivity contribution in [3.8, 4) is 0 Å². The average molecular weight is 134 g/mol. The summed E-state index contributed by atoms with van der Waals surface area (Å²) < 4.78 is 0. The molecule has 0 N–H and O–H groups in total. The van der Waals surface area contributed by atoms with Crippen molar-refractivity contribution >= 4 is 6.29 Å². The van der Waals surface area contributed by atoms with Crippen molar-refractivity contribution in [1.82, 2.24) is 0 Å². The molecule has 1 aromatic rings. The summed E-state index contributed by atoms with van der Waals surface area (Å²) in [6.07, 6.45) is 1.47. The molecule has 1 rings (SSSR count). The molecule has 0 saturated heterocycles. The Hall–Kier alpha value is -1.11. The van der Waals surface area contributed by atoms with E-state index in [1.54, 1.807) is 0 Å². The molecule has 0 bridgehead atoms. The van der Waals surface area contributed by atoms with Crippen molar-refractivity contribution in [2.75, 3.05) is 0 Å². The monoisotopic (exact) mass is 134 g/mol. The number of aryl methyl sites for hydroxylation is 1. The van der Waals surface area contributed by atoms with Gasteiger partial charge in [-0.3, -0.25) is 0 Å². The summed E-state index contributed by atoms with van der Waals surface area (Å²) >= 11 is 0. The second-order valence-electron chi connectivity index (χ2n) is 2.30. The van der Waals surface area contributed by atoms with Gasteiger partial charge in [-0.25, -0.2) is 0 Å². The highest BCUT2D eigenvalue weighted by Crippen LogP contribution is 2.05. The van der Waals surface area contributed by atoms with Crippen LogP contribution in [0.4, 0.5) is 0 Å². The highest BCUT2D eigenvalue weighted by Gasteiger charge is 1.92. The molecule has 0 radical (unpaired) electrons. The van der Waals surface area contributed by atoms with Gasteiger partial charge >= 0.3 is 0 Å². The molecular formula is C9H10O. The van der Waals surface area contributed by atoms with E-state index in [0.717, 1.165) is 11.8 Å². The normalized spacial score (nSPS) is 9.30. The fraction of sp³-hybridized carbons (Fsp3) is 0.222. The van der Waals surface area contributed by atoms with E-state index in [-0.39, 0.29) is 0 Å². The molecule has 0 spiro atoms. The van der Waals surface area contributed by atoms with E-state index in [9.17, 15) is 4.79 Å². The lowest BCUT2D eigenvalue weighted by molar-refractivity contribution is -0.107. The zero-order chi connectivity index (χ0) is 7.40. The minimum Gasteiger partial charge on any atom is -0.303 e. The van der Waals surface area contributed by atoms with Crippen molar-refractivity contribution in [1.29, 1.82) is 0 Å². The molecule has 1 nitrogen and oxygen atoms in total. The van der Waals surface area contributed by atoms with Crippen LogP contribution in [-0.4, -0.2) is 6.29 Å². The quantitative estimate of drug-likeness (QED) is 0.563. The van der Waals surface area contributed by atoms with Gasteiger partial charge in [-0.15, -0.1) is 0 Å². The van der Waals surface area contributed by atoms with E-state index in [4.69, 9.17) is 0 Å². The van der Waals surface area contributed by atoms with E-state index >= 15 is 0 Å². The first-order chi connectivity index (χ1) is 4.84. The summed E-state index contributed by atoms with van der Waals surface area (Å²) in [7, 11) is 0. The van der Waals surface area contributed by atoms with Gasteiger partial charge in [0.25, 0.3) is 0 Å². The Kier molecular flexibility index (Phi) is 2.21. The molecule has 0 heterocycles. The summed E-state index contributed by atoms with van der Waals surface area (Å²) in [6, 6.07) is 7.91. The minimum absolute atomic E-state index is 0.534. The highest BCUT2D eigenvalue weighted by atomic mass is 16.1. The second-order valence-corrected chi connectivity index (χ2v) is 2.30. The molecule has 0 aliphatic rings. The Morgan fingerprint density at radius 1 is 1.40 bits per heavy atom. The van der Waals surface area contributed by atoms with Crippen molar-refractivity contribution in [2.24, 2.45) is 0 Å². The van der Waals surface area contributed by atoms with Crippen LogP contribution >= 0.6 is 0 Å². The molecule has 0 unspecified atom stereocenters. The molecule has 52 valence electrons. The molecule has 0 aliphatic heterocycles. The number of carbonyl (C=O) groups is 1.